The van der Waals surface area contributed by atoms with Crippen molar-refractivity contribution in [2.45, 2.75) is 18.7 Å². The van der Waals surface area contributed by atoms with Crippen molar-refractivity contribution in [2.24, 2.45) is 11.7 Å². The largest absolute Gasteiger partial charge is 0.380 e. The number of hydrogen-bond donors (Lipinski definition) is 2. The summed E-state index contributed by atoms with van der Waals surface area (Å²) < 4.78 is 31.9. The Morgan fingerprint density at radius 1 is 1.29 bits per heavy atom. The monoisotopic (exact) mass is 310 g/mol. The summed E-state index contributed by atoms with van der Waals surface area (Å²) in [7, 11) is -3.50. The summed E-state index contributed by atoms with van der Waals surface area (Å²) in [5, 5.41) is 0. The van der Waals surface area contributed by atoms with E-state index in [0.29, 0.717) is 19.1 Å². The van der Waals surface area contributed by atoms with Gasteiger partial charge in [-0.15, -0.1) is 0 Å². The minimum Gasteiger partial charge on any atom is -0.380 e. The van der Waals surface area contributed by atoms with Gasteiger partial charge < -0.3 is 10.5 Å². The number of nitrogens with one attached hydrogen (secondary N) is 1. The van der Waals surface area contributed by atoms with E-state index in [-0.39, 0.29) is 18.0 Å². The molecule has 0 saturated carbocycles. The van der Waals surface area contributed by atoms with Gasteiger partial charge in [0, 0.05) is 18.7 Å². The summed E-state index contributed by atoms with van der Waals surface area (Å²) in [6, 6.07) is 6.37. The molecule has 0 amide bonds. The maximum Gasteiger partial charge on any atom is 0.240 e. The van der Waals surface area contributed by atoms with E-state index in [0.717, 1.165) is 5.56 Å². The number of hydrogen-bond acceptors (Lipinski definition) is 4. The third-order valence-electron chi connectivity index (χ3n) is 2.49. The second-order valence-electron chi connectivity index (χ2n) is 4.90. The van der Waals surface area contributed by atoms with E-state index < -0.39 is 10.0 Å². The number of ether oxygens (including phenoxy) is 1. The Kier molecular flexibility index (Phi) is 7.40. The van der Waals surface area contributed by atoms with Gasteiger partial charge in [-0.05, 0) is 30.2 Å². The molecule has 6 heteroatoms. The molecule has 0 spiro atoms. The predicted octanol–water partition coefficient (Wildman–Crippen LogP) is 0.948. The molecular weight excluding hydrogens is 288 g/mol. The summed E-state index contributed by atoms with van der Waals surface area (Å²) in [6.07, 6.45) is 0. The van der Waals surface area contributed by atoms with Crippen LogP contribution < -0.4 is 10.5 Å². The zero-order valence-electron chi connectivity index (χ0n) is 12.4. The maximum atomic E-state index is 12.0. The lowest BCUT2D eigenvalue weighted by Crippen LogP contribution is -2.27. The predicted molar refractivity (Wildman–Crippen MR) is 83.2 cm³/mol. The first-order valence-electron chi connectivity index (χ1n) is 6.82. The summed E-state index contributed by atoms with van der Waals surface area (Å²) >= 11 is 0. The van der Waals surface area contributed by atoms with Gasteiger partial charge in [-0.25, -0.2) is 13.1 Å². The highest BCUT2D eigenvalue weighted by Gasteiger charge is 2.12. The quantitative estimate of drug-likeness (QED) is 0.580. The Hall–Kier alpha value is -1.39. The van der Waals surface area contributed by atoms with Crippen molar-refractivity contribution in [3.05, 3.63) is 29.8 Å². The van der Waals surface area contributed by atoms with Gasteiger partial charge in [-0.1, -0.05) is 25.7 Å². The molecule has 0 aliphatic heterocycles. The second kappa shape index (κ2) is 8.80. The molecule has 0 bridgehead atoms. The van der Waals surface area contributed by atoms with Crippen molar-refractivity contribution in [3.8, 4) is 11.8 Å². The van der Waals surface area contributed by atoms with Crippen LogP contribution in [0.5, 0.6) is 0 Å². The molecule has 1 aromatic carbocycles. The highest BCUT2D eigenvalue weighted by molar-refractivity contribution is 7.89. The number of nitrogens with two attached hydrogens (primary N) is 1. The molecule has 116 valence electrons. The molecule has 1 rings (SSSR count). The zero-order chi connectivity index (χ0) is 15.7. The van der Waals surface area contributed by atoms with Crippen LogP contribution in [0, 0.1) is 17.8 Å². The normalized spacial score (nSPS) is 11.2. The highest BCUT2D eigenvalue weighted by Crippen LogP contribution is 2.09. The van der Waals surface area contributed by atoms with Crippen molar-refractivity contribution < 1.29 is 13.2 Å². The summed E-state index contributed by atoms with van der Waals surface area (Å²) in [5.74, 6) is 5.99. The first-order valence-corrected chi connectivity index (χ1v) is 8.30. The second-order valence-corrected chi connectivity index (χ2v) is 6.66. The van der Waals surface area contributed by atoms with E-state index in [1.807, 2.05) is 13.8 Å². The summed E-state index contributed by atoms with van der Waals surface area (Å²) in [5.41, 5.74) is 6.02. The molecule has 0 unspecified atom stereocenters. The standard InChI is InChI=1S/C15H22N2O3S/c1-13(2)12-20-11-10-17-21(18,19)15-7-5-14(6-8-15)4-3-9-16/h5-8,13,17H,9-12,16H2,1-2H3. The molecule has 0 radical (unpaired) electrons. The van der Waals surface area contributed by atoms with Crippen molar-refractivity contribution in [1.82, 2.24) is 4.72 Å². The van der Waals surface area contributed by atoms with E-state index in [1.165, 1.54) is 12.1 Å². The first kappa shape index (κ1) is 17.7. The molecule has 21 heavy (non-hydrogen) atoms. The van der Waals surface area contributed by atoms with Crippen LogP contribution in [-0.2, 0) is 14.8 Å². The van der Waals surface area contributed by atoms with Gasteiger partial charge in [0.2, 0.25) is 10.0 Å². The molecule has 0 fully saturated rings. The Morgan fingerprint density at radius 2 is 1.95 bits per heavy atom. The lowest BCUT2D eigenvalue weighted by Gasteiger charge is -2.09. The summed E-state index contributed by atoms with van der Waals surface area (Å²) in [6.45, 7) is 5.59. The third-order valence-corrected chi connectivity index (χ3v) is 3.97. The Bertz CT molecular complexity index is 584. The Balaban J connectivity index is 2.54. The molecule has 0 aromatic heterocycles. The molecule has 0 heterocycles. The van der Waals surface area contributed by atoms with Gasteiger partial charge in [-0.3, -0.25) is 0 Å². The summed E-state index contributed by atoms with van der Waals surface area (Å²) in [4.78, 5) is 0.213. The minimum absolute atomic E-state index is 0.213. The topological polar surface area (TPSA) is 81.4 Å². The van der Waals surface area contributed by atoms with E-state index in [4.69, 9.17) is 10.5 Å². The van der Waals surface area contributed by atoms with E-state index in [2.05, 4.69) is 16.6 Å². The van der Waals surface area contributed by atoms with Gasteiger partial charge >= 0.3 is 0 Å². The van der Waals surface area contributed by atoms with Crippen molar-refractivity contribution in [1.29, 1.82) is 0 Å². The van der Waals surface area contributed by atoms with Crippen LogP contribution in [0.1, 0.15) is 19.4 Å². The molecule has 0 aliphatic rings. The van der Waals surface area contributed by atoms with Crippen LogP contribution in [0.3, 0.4) is 0 Å². The Labute approximate surface area is 126 Å². The SMILES string of the molecule is CC(C)COCCNS(=O)(=O)c1ccc(C#CCN)cc1. The first-order chi connectivity index (χ1) is 9.95. The molecule has 3 N–H and O–H groups in total. The van der Waals surface area contributed by atoms with Crippen molar-refractivity contribution in [2.75, 3.05) is 26.3 Å². The van der Waals surface area contributed by atoms with Gasteiger partial charge in [-0.2, -0.15) is 0 Å². The molecule has 0 aliphatic carbocycles. The van der Waals surface area contributed by atoms with Gasteiger partial charge in [0.25, 0.3) is 0 Å². The molecule has 1 aromatic rings. The lowest BCUT2D eigenvalue weighted by atomic mass is 10.2. The van der Waals surface area contributed by atoms with E-state index >= 15 is 0 Å². The highest BCUT2D eigenvalue weighted by atomic mass is 32.2. The number of sulfonamides is 1. The minimum atomic E-state index is -3.50. The van der Waals surface area contributed by atoms with Gasteiger partial charge in [0.15, 0.2) is 0 Å². The van der Waals surface area contributed by atoms with Crippen LogP contribution in [0.15, 0.2) is 29.2 Å². The molecule has 5 nitrogen and oxygen atoms in total. The zero-order valence-corrected chi connectivity index (χ0v) is 13.2. The van der Waals surface area contributed by atoms with Crippen LogP contribution >= 0.6 is 0 Å². The van der Waals surface area contributed by atoms with Crippen molar-refractivity contribution in [3.63, 3.8) is 0 Å². The van der Waals surface area contributed by atoms with Gasteiger partial charge in [0.1, 0.15) is 0 Å². The fraction of sp³-hybridized carbons (Fsp3) is 0.467. The maximum absolute atomic E-state index is 12.0. The van der Waals surface area contributed by atoms with Crippen LogP contribution in [0.4, 0.5) is 0 Å². The van der Waals surface area contributed by atoms with E-state index in [1.54, 1.807) is 12.1 Å². The smallest absolute Gasteiger partial charge is 0.240 e. The average molecular weight is 310 g/mol. The molecule has 0 atom stereocenters. The van der Waals surface area contributed by atoms with Crippen LogP contribution in [-0.4, -0.2) is 34.7 Å². The van der Waals surface area contributed by atoms with Gasteiger partial charge in [0.05, 0.1) is 18.0 Å². The lowest BCUT2D eigenvalue weighted by molar-refractivity contribution is 0.114. The number of benzene rings is 1. The van der Waals surface area contributed by atoms with Crippen LogP contribution in [0.2, 0.25) is 0 Å². The molecule has 0 saturated heterocycles. The average Bonchev–Trinajstić information content (AvgIpc) is 2.44. The number of rotatable bonds is 7. The fourth-order valence-electron chi connectivity index (χ4n) is 1.52. The third kappa shape index (κ3) is 6.74. The van der Waals surface area contributed by atoms with Crippen LogP contribution in [0.25, 0.3) is 0 Å². The van der Waals surface area contributed by atoms with E-state index in [9.17, 15) is 8.42 Å². The Morgan fingerprint density at radius 3 is 2.52 bits per heavy atom. The fourth-order valence-corrected chi connectivity index (χ4v) is 2.53. The van der Waals surface area contributed by atoms with Crippen molar-refractivity contribution >= 4 is 10.0 Å². The molecular formula is C15H22N2O3S.